The average molecular weight is 451 g/mol. The van der Waals surface area contributed by atoms with E-state index in [4.69, 9.17) is 0 Å². The van der Waals surface area contributed by atoms with Crippen molar-refractivity contribution in [3.8, 4) is 0 Å². The van der Waals surface area contributed by atoms with Crippen molar-refractivity contribution in [1.29, 1.82) is 0 Å². The molecular weight excluding hydrogens is 421 g/mol. The molecule has 0 spiro atoms. The van der Waals surface area contributed by atoms with E-state index in [1.165, 1.54) is 0 Å². The predicted molar refractivity (Wildman–Crippen MR) is 106 cm³/mol. The number of nitrogens with zero attached hydrogens (tertiary/aromatic N) is 2. The normalized spacial score (nSPS) is 18.8. The summed E-state index contributed by atoms with van der Waals surface area (Å²) < 4.78 is 0. The lowest BCUT2D eigenvalue weighted by Crippen LogP contribution is -2.51. The highest BCUT2D eigenvalue weighted by Gasteiger charge is 2.34. The fourth-order valence-corrected chi connectivity index (χ4v) is 2.76. The fraction of sp³-hybridized carbons (Fsp3) is 0.812. The summed E-state index contributed by atoms with van der Waals surface area (Å²) >= 11 is 0. The summed E-state index contributed by atoms with van der Waals surface area (Å²) in [6.07, 6.45) is 3.95. The van der Waals surface area contributed by atoms with Crippen LogP contribution >= 0.6 is 24.0 Å². The van der Waals surface area contributed by atoms with Gasteiger partial charge in [-0.25, -0.2) is 0 Å². The lowest BCUT2D eigenvalue weighted by molar-refractivity contribution is -0.133. The van der Waals surface area contributed by atoms with Crippen LogP contribution in [0, 0.1) is 5.92 Å². The lowest BCUT2D eigenvalue weighted by atomic mass is 10.0. The van der Waals surface area contributed by atoms with Crippen LogP contribution in [0.4, 0.5) is 0 Å². The van der Waals surface area contributed by atoms with E-state index in [0.717, 1.165) is 38.8 Å². The number of carbonyl (C=O) groups is 2. The Bertz CT molecular complexity index is 457. The van der Waals surface area contributed by atoms with Gasteiger partial charge in [-0.15, -0.1) is 24.0 Å². The van der Waals surface area contributed by atoms with Crippen LogP contribution in [-0.4, -0.2) is 61.4 Å². The molecule has 0 unspecified atom stereocenters. The molecule has 0 bridgehead atoms. The quantitative estimate of drug-likeness (QED) is 0.326. The number of piperidine rings is 1. The molecule has 0 aromatic heterocycles. The van der Waals surface area contributed by atoms with Gasteiger partial charge in [-0.05, 0) is 39.5 Å². The van der Waals surface area contributed by atoms with Gasteiger partial charge in [0.25, 0.3) is 0 Å². The summed E-state index contributed by atoms with van der Waals surface area (Å²) in [4.78, 5) is 29.8. The molecular formula is C16H30IN5O2. The minimum absolute atomic E-state index is 0. The van der Waals surface area contributed by atoms with Crippen LogP contribution in [0.15, 0.2) is 4.99 Å². The Morgan fingerprint density at radius 2 is 1.79 bits per heavy atom. The second-order valence-corrected chi connectivity index (χ2v) is 6.67. The zero-order chi connectivity index (χ0) is 16.8. The van der Waals surface area contributed by atoms with Crippen LogP contribution in [0.2, 0.25) is 0 Å². The highest BCUT2D eigenvalue weighted by molar-refractivity contribution is 14.0. The first-order chi connectivity index (χ1) is 11.0. The molecule has 2 aliphatic rings. The number of guanidine groups is 1. The number of hydrogen-bond donors (Lipinski definition) is 3. The average Bonchev–Trinajstić information content (AvgIpc) is 3.35. The minimum atomic E-state index is -0.0483. The predicted octanol–water partition coefficient (Wildman–Crippen LogP) is 0.695. The molecule has 1 saturated heterocycles. The van der Waals surface area contributed by atoms with Gasteiger partial charge in [0.05, 0.1) is 6.54 Å². The van der Waals surface area contributed by atoms with E-state index in [0.29, 0.717) is 17.8 Å². The molecule has 24 heavy (non-hydrogen) atoms. The van der Waals surface area contributed by atoms with Crippen molar-refractivity contribution in [3.05, 3.63) is 0 Å². The number of hydrogen-bond acceptors (Lipinski definition) is 3. The number of halogens is 1. The molecule has 8 heteroatoms. The molecule has 2 fully saturated rings. The van der Waals surface area contributed by atoms with Gasteiger partial charge in [-0.2, -0.15) is 0 Å². The monoisotopic (exact) mass is 451 g/mol. The van der Waals surface area contributed by atoms with Crippen molar-refractivity contribution in [2.24, 2.45) is 10.9 Å². The molecule has 0 aromatic rings. The maximum atomic E-state index is 12.0. The summed E-state index contributed by atoms with van der Waals surface area (Å²) in [6.45, 7) is 5.68. The van der Waals surface area contributed by atoms with Crippen LogP contribution in [0.5, 0.6) is 0 Å². The van der Waals surface area contributed by atoms with Gasteiger partial charge in [0.1, 0.15) is 0 Å². The largest absolute Gasteiger partial charge is 0.354 e. The van der Waals surface area contributed by atoms with Crippen molar-refractivity contribution in [3.63, 3.8) is 0 Å². The van der Waals surface area contributed by atoms with E-state index < -0.39 is 0 Å². The van der Waals surface area contributed by atoms with Gasteiger partial charge in [0.2, 0.25) is 11.8 Å². The zero-order valence-corrected chi connectivity index (χ0v) is 17.1. The van der Waals surface area contributed by atoms with Gasteiger partial charge in [0.15, 0.2) is 5.96 Å². The van der Waals surface area contributed by atoms with E-state index in [2.05, 4.69) is 20.9 Å². The lowest BCUT2D eigenvalue weighted by Gasteiger charge is -2.33. The molecule has 138 valence electrons. The topological polar surface area (TPSA) is 85.8 Å². The van der Waals surface area contributed by atoms with Crippen molar-refractivity contribution >= 4 is 41.8 Å². The van der Waals surface area contributed by atoms with E-state index in [1.807, 2.05) is 18.7 Å². The standard InChI is InChI=1S/C16H29N5O2.HI/c1-11(2)19-14(22)10-18-16(17-3)20-13-6-8-21(9-7-13)15(23)12-4-5-12;/h11-13H,4-10H2,1-3H3,(H,19,22)(H2,17,18,20);1H. The Morgan fingerprint density at radius 3 is 2.29 bits per heavy atom. The zero-order valence-electron chi connectivity index (χ0n) is 14.8. The summed E-state index contributed by atoms with van der Waals surface area (Å²) in [5, 5.41) is 9.20. The second kappa shape index (κ2) is 10.0. The third kappa shape index (κ3) is 6.82. The molecule has 1 saturated carbocycles. The van der Waals surface area contributed by atoms with Crippen LogP contribution in [0.1, 0.15) is 39.5 Å². The Labute approximate surface area is 161 Å². The maximum absolute atomic E-state index is 12.0. The molecule has 0 atom stereocenters. The molecule has 0 aromatic carbocycles. The van der Waals surface area contributed by atoms with Gasteiger partial charge >= 0.3 is 0 Å². The highest BCUT2D eigenvalue weighted by Crippen LogP contribution is 2.31. The first-order valence-electron chi connectivity index (χ1n) is 8.55. The minimum Gasteiger partial charge on any atom is -0.354 e. The van der Waals surface area contributed by atoms with E-state index in [-0.39, 0.29) is 48.5 Å². The molecule has 2 rings (SSSR count). The highest BCUT2D eigenvalue weighted by atomic mass is 127. The van der Waals surface area contributed by atoms with Gasteiger partial charge < -0.3 is 20.9 Å². The number of aliphatic imine (C=N–C) groups is 1. The summed E-state index contributed by atoms with van der Waals surface area (Å²) in [7, 11) is 1.70. The molecule has 7 nitrogen and oxygen atoms in total. The number of likely N-dealkylation sites (tertiary alicyclic amines) is 1. The van der Waals surface area contributed by atoms with Gasteiger partial charge in [-0.3, -0.25) is 14.6 Å². The van der Waals surface area contributed by atoms with Crippen molar-refractivity contribution in [1.82, 2.24) is 20.9 Å². The molecule has 0 radical (unpaired) electrons. The summed E-state index contributed by atoms with van der Waals surface area (Å²) in [5.41, 5.74) is 0. The van der Waals surface area contributed by atoms with E-state index in [9.17, 15) is 9.59 Å². The van der Waals surface area contributed by atoms with Crippen LogP contribution in [-0.2, 0) is 9.59 Å². The number of amides is 2. The molecule has 1 aliphatic carbocycles. The second-order valence-electron chi connectivity index (χ2n) is 6.67. The van der Waals surface area contributed by atoms with Crippen LogP contribution < -0.4 is 16.0 Å². The van der Waals surface area contributed by atoms with Crippen LogP contribution in [0.3, 0.4) is 0 Å². The molecule has 2 amide bonds. The van der Waals surface area contributed by atoms with E-state index >= 15 is 0 Å². The molecule has 1 aliphatic heterocycles. The smallest absolute Gasteiger partial charge is 0.239 e. The van der Waals surface area contributed by atoms with Crippen molar-refractivity contribution in [2.45, 2.75) is 51.6 Å². The van der Waals surface area contributed by atoms with Gasteiger partial charge in [0, 0.05) is 38.1 Å². The Balaban J connectivity index is 0.00000288. The number of nitrogens with one attached hydrogen (secondary N) is 3. The van der Waals surface area contributed by atoms with Gasteiger partial charge in [-0.1, -0.05) is 0 Å². The Hall–Kier alpha value is -1.06. The molecule has 1 heterocycles. The first kappa shape index (κ1) is 21.0. The summed E-state index contributed by atoms with van der Waals surface area (Å²) in [6, 6.07) is 0.421. The fourth-order valence-electron chi connectivity index (χ4n) is 2.76. The maximum Gasteiger partial charge on any atom is 0.239 e. The number of carbonyl (C=O) groups excluding carboxylic acids is 2. The SMILES string of the molecule is CN=C(NCC(=O)NC(C)C)NC1CCN(C(=O)C2CC2)CC1.I. The van der Waals surface area contributed by atoms with E-state index in [1.54, 1.807) is 7.05 Å². The van der Waals surface area contributed by atoms with Crippen LogP contribution in [0.25, 0.3) is 0 Å². The Kier molecular flexibility index (Phi) is 8.79. The Morgan fingerprint density at radius 1 is 1.17 bits per heavy atom. The first-order valence-corrected chi connectivity index (χ1v) is 8.55. The molecule has 3 N–H and O–H groups in total. The summed E-state index contributed by atoms with van der Waals surface area (Å²) in [5.74, 6) is 1.22. The third-order valence-electron chi connectivity index (χ3n) is 4.16. The van der Waals surface area contributed by atoms with Crippen molar-refractivity contribution < 1.29 is 9.59 Å². The third-order valence-corrected chi connectivity index (χ3v) is 4.16. The number of rotatable bonds is 5. The van der Waals surface area contributed by atoms with Crippen molar-refractivity contribution in [2.75, 3.05) is 26.7 Å².